The van der Waals surface area contributed by atoms with E-state index in [1.807, 2.05) is 36.4 Å². The predicted octanol–water partition coefficient (Wildman–Crippen LogP) is 3.44. The normalized spacial score (nSPS) is 14.8. The highest BCUT2D eigenvalue weighted by Crippen LogP contribution is 2.45. The summed E-state index contributed by atoms with van der Waals surface area (Å²) >= 11 is 0. The van der Waals surface area contributed by atoms with Crippen LogP contribution in [0.2, 0.25) is 0 Å². The number of benzene rings is 2. The first-order chi connectivity index (χ1) is 11.7. The second kappa shape index (κ2) is 6.95. The van der Waals surface area contributed by atoms with Crippen molar-refractivity contribution in [3.63, 3.8) is 0 Å². The number of hydrogen-bond donors (Lipinski definition) is 1. The maximum absolute atomic E-state index is 12.4. The third-order valence-electron chi connectivity index (χ3n) is 4.54. The number of carbonyl (C=O) groups is 1. The van der Waals surface area contributed by atoms with Gasteiger partial charge >= 0.3 is 0 Å². The third kappa shape index (κ3) is 3.53. The number of aryl methyl sites for hydroxylation is 1. The molecule has 1 amide bonds. The van der Waals surface area contributed by atoms with Crippen molar-refractivity contribution in [1.29, 1.82) is 0 Å². The van der Waals surface area contributed by atoms with Crippen LogP contribution in [0.5, 0.6) is 11.5 Å². The second-order valence-electron chi connectivity index (χ2n) is 6.19. The minimum Gasteiger partial charge on any atom is -0.493 e. The van der Waals surface area contributed by atoms with E-state index >= 15 is 0 Å². The molecule has 2 aromatic rings. The quantitative estimate of drug-likeness (QED) is 0.848. The van der Waals surface area contributed by atoms with Crippen molar-refractivity contribution in [2.75, 3.05) is 14.2 Å². The third-order valence-corrected chi connectivity index (χ3v) is 4.54. The van der Waals surface area contributed by atoms with Gasteiger partial charge in [0.25, 0.3) is 0 Å². The molecule has 1 aliphatic carbocycles. The highest BCUT2D eigenvalue weighted by Gasteiger charge is 2.45. The van der Waals surface area contributed by atoms with E-state index in [4.69, 9.17) is 9.47 Å². The van der Waals surface area contributed by atoms with E-state index in [-0.39, 0.29) is 11.4 Å². The fraction of sp³-hybridized carbons (Fsp3) is 0.350. The molecule has 0 spiro atoms. The van der Waals surface area contributed by atoms with Crippen LogP contribution in [0.1, 0.15) is 30.4 Å². The van der Waals surface area contributed by atoms with Gasteiger partial charge in [-0.15, -0.1) is 0 Å². The number of rotatable bonds is 7. The van der Waals surface area contributed by atoms with Crippen molar-refractivity contribution >= 4 is 5.91 Å². The summed E-state index contributed by atoms with van der Waals surface area (Å²) in [6.45, 7) is 0. The topological polar surface area (TPSA) is 47.6 Å². The minimum absolute atomic E-state index is 0.0890. The summed E-state index contributed by atoms with van der Waals surface area (Å²) in [4.78, 5) is 12.4. The number of amides is 1. The molecule has 1 aliphatic rings. The number of ether oxygens (including phenoxy) is 2. The molecule has 0 bridgehead atoms. The zero-order valence-electron chi connectivity index (χ0n) is 14.2. The number of hydrogen-bond acceptors (Lipinski definition) is 3. The van der Waals surface area contributed by atoms with Gasteiger partial charge in [-0.05, 0) is 42.5 Å². The summed E-state index contributed by atoms with van der Waals surface area (Å²) in [5, 5.41) is 3.21. The van der Waals surface area contributed by atoms with Crippen molar-refractivity contribution in [2.45, 2.75) is 31.2 Å². The molecule has 0 aromatic heterocycles. The largest absolute Gasteiger partial charge is 0.493 e. The Kier molecular flexibility index (Phi) is 4.74. The van der Waals surface area contributed by atoms with Crippen molar-refractivity contribution in [3.05, 3.63) is 59.7 Å². The van der Waals surface area contributed by atoms with Gasteiger partial charge in [-0.1, -0.05) is 36.4 Å². The second-order valence-corrected chi connectivity index (χ2v) is 6.19. The molecule has 3 rings (SSSR count). The molecular formula is C20H23NO3. The lowest BCUT2D eigenvalue weighted by atomic mass is 10.0. The van der Waals surface area contributed by atoms with Crippen LogP contribution in [-0.4, -0.2) is 20.1 Å². The molecular weight excluding hydrogens is 302 g/mol. The van der Waals surface area contributed by atoms with Crippen LogP contribution in [0.25, 0.3) is 0 Å². The smallest absolute Gasteiger partial charge is 0.221 e. The summed E-state index contributed by atoms with van der Waals surface area (Å²) < 4.78 is 10.5. The van der Waals surface area contributed by atoms with Crippen LogP contribution in [0.3, 0.4) is 0 Å². The summed E-state index contributed by atoms with van der Waals surface area (Å²) in [5.41, 5.74) is 2.12. The first-order valence-corrected chi connectivity index (χ1v) is 8.24. The Bertz CT molecular complexity index is 708. The summed E-state index contributed by atoms with van der Waals surface area (Å²) in [6.07, 6.45) is 3.17. The Balaban J connectivity index is 1.58. The molecule has 1 fully saturated rings. The van der Waals surface area contributed by atoms with Gasteiger partial charge in [-0.3, -0.25) is 4.79 Å². The van der Waals surface area contributed by atoms with Crippen molar-refractivity contribution in [3.8, 4) is 11.5 Å². The predicted molar refractivity (Wildman–Crippen MR) is 93.4 cm³/mol. The maximum atomic E-state index is 12.4. The molecule has 126 valence electrons. The lowest BCUT2D eigenvalue weighted by Crippen LogP contribution is -2.34. The van der Waals surface area contributed by atoms with Gasteiger partial charge < -0.3 is 14.8 Å². The standard InChI is InChI=1S/C20H23NO3/c1-23-17-10-8-15(14-18(17)24-2)9-11-19(22)21-20(12-13-20)16-6-4-3-5-7-16/h3-8,10,14H,9,11-13H2,1-2H3,(H,21,22). The minimum atomic E-state index is -0.143. The number of nitrogens with one attached hydrogen (secondary N) is 1. The SMILES string of the molecule is COc1ccc(CCC(=O)NC2(c3ccccc3)CC2)cc1OC. The summed E-state index contributed by atoms with van der Waals surface area (Å²) in [5.74, 6) is 1.48. The molecule has 4 heteroatoms. The van der Waals surface area contributed by atoms with E-state index in [2.05, 4.69) is 17.4 Å². The van der Waals surface area contributed by atoms with Crippen LogP contribution in [0.4, 0.5) is 0 Å². The maximum Gasteiger partial charge on any atom is 0.221 e. The summed E-state index contributed by atoms with van der Waals surface area (Å²) in [6, 6.07) is 16.0. The van der Waals surface area contributed by atoms with E-state index in [1.165, 1.54) is 5.56 Å². The molecule has 2 aromatic carbocycles. The van der Waals surface area contributed by atoms with Gasteiger partial charge in [0.15, 0.2) is 11.5 Å². The van der Waals surface area contributed by atoms with E-state index in [1.54, 1.807) is 14.2 Å². The molecule has 0 saturated heterocycles. The van der Waals surface area contributed by atoms with Gasteiger partial charge in [0.1, 0.15) is 0 Å². The Morgan fingerprint density at radius 1 is 1.04 bits per heavy atom. The average Bonchev–Trinajstić information content (AvgIpc) is 3.41. The Labute approximate surface area is 142 Å². The number of methoxy groups -OCH3 is 2. The molecule has 0 heterocycles. The molecule has 0 radical (unpaired) electrons. The van der Waals surface area contributed by atoms with Crippen molar-refractivity contribution < 1.29 is 14.3 Å². The van der Waals surface area contributed by atoms with Gasteiger partial charge in [0, 0.05) is 6.42 Å². The van der Waals surface area contributed by atoms with E-state index in [0.29, 0.717) is 24.3 Å². The van der Waals surface area contributed by atoms with Crippen LogP contribution >= 0.6 is 0 Å². The van der Waals surface area contributed by atoms with Crippen LogP contribution in [0, 0.1) is 0 Å². The van der Waals surface area contributed by atoms with Crippen LogP contribution in [0.15, 0.2) is 48.5 Å². The Morgan fingerprint density at radius 2 is 1.75 bits per heavy atom. The molecule has 4 nitrogen and oxygen atoms in total. The van der Waals surface area contributed by atoms with Crippen molar-refractivity contribution in [2.24, 2.45) is 0 Å². The lowest BCUT2D eigenvalue weighted by molar-refractivity contribution is -0.122. The van der Waals surface area contributed by atoms with E-state index < -0.39 is 0 Å². The van der Waals surface area contributed by atoms with E-state index in [9.17, 15) is 4.79 Å². The molecule has 0 aliphatic heterocycles. The molecule has 1 saturated carbocycles. The van der Waals surface area contributed by atoms with Crippen LogP contribution in [-0.2, 0) is 16.8 Å². The Morgan fingerprint density at radius 3 is 2.38 bits per heavy atom. The number of carbonyl (C=O) groups excluding carboxylic acids is 1. The van der Waals surface area contributed by atoms with Gasteiger partial charge in [-0.25, -0.2) is 0 Å². The summed E-state index contributed by atoms with van der Waals surface area (Å²) in [7, 11) is 3.23. The first-order valence-electron chi connectivity index (χ1n) is 8.24. The molecule has 24 heavy (non-hydrogen) atoms. The highest BCUT2D eigenvalue weighted by atomic mass is 16.5. The van der Waals surface area contributed by atoms with Gasteiger partial charge in [0.05, 0.1) is 19.8 Å². The van der Waals surface area contributed by atoms with Gasteiger partial charge in [0.2, 0.25) is 5.91 Å². The zero-order chi connectivity index (χ0) is 17.0. The van der Waals surface area contributed by atoms with Crippen molar-refractivity contribution in [1.82, 2.24) is 5.32 Å². The molecule has 1 N–H and O–H groups in total. The average molecular weight is 325 g/mol. The fourth-order valence-corrected chi connectivity index (χ4v) is 2.99. The lowest BCUT2D eigenvalue weighted by Gasteiger charge is -2.18. The van der Waals surface area contributed by atoms with E-state index in [0.717, 1.165) is 18.4 Å². The molecule has 0 unspecified atom stereocenters. The molecule has 0 atom stereocenters. The van der Waals surface area contributed by atoms with Crippen LogP contribution < -0.4 is 14.8 Å². The highest BCUT2D eigenvalue weighted by molar-refractivity contribution is 5.78. The van der Waals surface area contributed by atoms with Gasteiger partial charge in [-0.2, -0.15) is 0 Å². The Hall–Kier alpha value is -2.49. The zero-order valence-corrected chi connectivity index (χ0v) is 14.2. The first kappa shape index (κ1) is 16.4. The monoisotopic (exact) mass is 325 g/mol. The fourth-order valence-electron chi connectivity index (χ4n) is 2.99.